The Kier molecular flexibility index (Phi) is 3.95. The number of ether oxygens (including phenoxy) is 1. The molecule has 1 amide bonds. The first kappa shape index (κ1) is 14.6. The maximum Gasteiger partial charge on any atom is 0.312 e. The summed E-state index contributed by atoms with van der Waals surface area (Å²) in [6.07, 6.45) is 0. The number of rotatable bonds is 4. The molecule has 0 saturated heterocycles. The van der Waals surface area contributed by atoms with E-state index in [2.05, 4.69) is 0 Å². The van der Waals surface area contributed by atoms with Crippen LogP contribution in [0.3, 0.4) is 0 Å². The van der Waals surface area contributed by atoms with Gasteiger partial charge in [0, 0.05) is 11.6 Å². The number of amides is 1. The van der Waals surface area contributed by atoms with E-state index in [1.807, 2.05) is 0 Å². The quantitative estimate of drug-likeness (QED) is 0.511. The van der Waals surface area contributed by atoms with Gasteiger partial charge in [-0.15, -0.1) is 0 Å². The second kappa shape index (κ2) is 5.68. The van der Waals surface area contributed by atoms with E-state index < -0.39 is 16.5 Å². The van der Waals surface area contributed by atoms with Crippen LogP contribution in [0.5, 0.6) is 11.5 Å². The van der Waals surface area contributed by atoms with Gasteiger partial charge in [-0.05, 0) is 24.3 Å². The molecule has 0 radical (unpaired) electrons. The molecule has 7 nitrogen and oxygen atoms in total. The van der Waals surface area contributed by atoms with Gasteiger partial charge in [-0.2, -0.15) is 0 Å². The first-order valence-electron chi connectivity index (χ1n) is 5.70. The van der Waals surface area contributed by atoms with E-state index in [9.17, 15) is 14.9 Å². The Bertz CT molecular complexity index is 733. The van der Waals surface area contributed by atoms with E-state index in [-0.39, 0.29) is 27.8 Å². The third-order valence-electron chi connectivity index (χ3n) is 2.67. The van der Waals surface area contributed by atoms with Crippen molar-refractivity contribution >= 4 is 28.9 Å². The van der Waals surface area contributed by atoms with Gasteiger partial charge in [-0.3, -0.25) is 14.9 Å². The number of hydrogen-bond acceptors (Lipinski definition) is 5. The number of primary amides is 1. The summed E-state index contributed by atoms with van der Waals surface area (Å²) < 4.78 is 5.41. The number of nitrogens with zero attached hydrogens (tertiary/aromatic N) is 1. The number of hydrogen-bond donors (Lipinski definition) is 2. The highest BCUT2D eigenvalue weighted by atomic mass is 35.5. The number of nitrogen functional groups attached to an aromatic ring is 1. The van der Waals surface area contributed by atoms with Crippen LogP contribution < -0.4 is 16.2 Å². The average Bonchev–Trinajstić information content (AvgIpc) is 2.43. The van der Waals surface area contributed by atoms with Gasteiger partial charge < -0.3 is 16.2 Å². The number of nitro benzene ring substituents is 1. The Hall–Kier alpha value is -2.80. The first-order chi connectivity index (χ1) is 9.90. The lowest BCUT2D eigenvalue weighted by molar-refractivity contribution is -0.385. The number of carbonyl (C=O) groups is 1. The number of anilines is 1. The maximum absolute atomic E-state index is 11.1. The van der Waals surface area contributed by atoms with Crippen LogP contribution in [0, 0.1) is 10.1 Å². The zero-order valence-corrected chi connectivity index (χ0v) is 11.3. The zero-order chi connectivity index (χ0) is 15.6. The van der Waals surface area contributed by atoms with Gasteiger partial charge >= 0.3 is 5.69 Å². The van der Waals surface area contributed by atoms with Crippen LogP contribution in [0.4, 0.5) is 11.4 Å². The average molecular weight is 308 g/mol. The number of nitrogens with two attached hydrogens (primary N) is 2. The van der Waals surface area contributed by atoms with Gasteiger partial charge in [0.2, 0.25) is 11.7 Å². The molecular formula is C13H10ClN3O4. The molecule has 0 fully saturated rings. The SMILES string of the molecule is NC(=O)c1ccc(Oc2cccc(Cl)c2N)c([N+](=O)[O-])c1. The summed E-state index contributed by atoms with van der Waals surface area (Å²) in [7, 11) is 0. The molecule has 4 N–H and O–H groups in total. The summed E-state index contributed by atoms with van der Waals surface area (Å²) in [6.45, 7) is 0. The highest BCUT2D eigenvalue weighted by molar-refractivity contribution is 6.33. The summed E-state index contributed by atoms with van der Waals surface area (Å²) >= 11 is 5.85. The lowest BCUT2D eigenvalue weighted by Crippen LogP contribution is -2.11. The highest BCUT2D eigenvalue weighted by Crippen LogP contribution is 2.37. The number of halogens is 1. The summed E-state index contributed by atoms with van der Waals surface area (Å²) in [5.41, 5.74) is 10.6. The molecule has 2 aromatic rings. The highest BCUT2D eigenvalue weighted by Gasteiger charge is 2.19. The molecule has 2 aromatic carbocycles. The molecule has 0 aromatic heterocycles. The van der Waals surface area contributed by atoms with Crippen molar-refractivity contribution in [1.82, 2.24) is 0 Å². The molecule has 0 spiro atoms. The van der Waals surface area contributed by atoms with Crippen molar-refractivity contribution in [2.45, 2.75) is 0 Å². The molecule has 0 bridgehead atoms. The lowest BCUT2D eigenvalue weighted by Gasteiger charge is -2.10. The molecular weight excluding hydrogens is 298 g/mol. The number of para-hydroxylation sites is 1. The molecule has 0 atom stereocenters. The molecule has 2 rings (SSSR count). The van der Waals surface area contributed by atoms with Crippen LogP contribution in [0.2, 0.25) is 5.02 Å². The largest absolute Gasteiger partial charge is 0.448 e. The molecule has 0 heterocycles. The third kappa shape index (κ3) is 3.03. The Morgan fingerprint density at radius 1 is 1.24 bits per heavy atom. The Morgan fingerprint density at radius 3 is 2.57 bits per heavy atom. The van der Waals surface area contributed by atoms with Crippen LogP contribution in [-0.4, -0.2) is 10.8 Å². The standard InChI is InChI=1S/C13H10ClN3O4/c14-8-2-1-3-11(12(8)15)21-10-5-4-7(13(16)18)6-9(10)17(19)20/h1-6H,15H2,(H2,16,18). The predicted octanol–water partition coefficient (Wildman–Crippen LogP) is 2.72. The van der Waals surface area contributed by atoms with Crippen LogP contribution in [0.1, 0.15) is 10.4 Å². The first-order valence-corrected chi connectivity index (χ1v) is 6.08. The lowest BCUT2D eigenvalue weighted by atomic mass is 10.2. The van der Waals surface area contributed by atoms with Gasteiger partial charge in [0.15, 0.2) is 5.75 Å². The number of benzene rings is 2. The third-order valence-corrected chi connectivity index (χ3v) is 3.00. The van der Waals surface area contributed by atoms with Crippen LogP contribution in [0.25, 0.3) is 0 Å². The minimum absolute atomic E-state index is 0.00751. The minimum Gasteiger partial charge on any atom is -0.448 e. The molecule has 0 unspecified atom stereocenters. The molecule has 21 heavy (non-hydrogen) atoms. The molecule has 108 valence electrons. The van der Waals surface area contributed by atoms with Gasteiger partial charge in [0.1, 0.15) is 0 Å². The smallest absolute Gasteiger partial charge is 0.312 e. The van der Waals surface area contributed by atoms with E-state index in [0.717, 1.165) is 6.07 Å². The summed E-state index contributed by atoms with van der Waals surface area (Å²) in [4.78, 5) is 21.4. The summed E-state index contributed by atoms with van der Waals surface area (Å²) in [5, 5.41) is 11.3. The van der Waals surface area contributed by atoms with E-state index in [1.54, 1.807) is 12.1 Å². The fourth-order valence-corrected chi connectivity index (χ4v) is 1.79. The van der Waals surface area contributed by atoms with E-state index >= 15 is 0 Å². The molecule has 8 heteroatoms. The van der Waals surface area contributed by atoms with Gasteiger partial charge in [0.05, 0.1) is 15.6 Å². The van der Waals surface area contributed by atoms with Crippen LogP contribution in [-0.2, 0) is 0 Å². The Balaban J connectivity index is 2.46. The van der Waals surface area contributed by atoms with Gasteiger partial charge in [0.25, 0.3) is 0 Å². The summed E-state index contributed by atoms with van der Waals surface area (Å²) in [5.74, 6) is -0.664. The predicted molar refractivity (Wildman–Crippen MR) is 77.6 cm³/mol. The second-order valence-corrected chi connectivity index (χ2v) is 4.46. The summed E-state index contributed by atoms with van der Waals surface area (Å²) in [6, 6.07) is 8.32. The molecule has 0 saturated carbocycles. The van der Waals surface area contributed by atoms with E-state index in [1.165, 1.54) is 18.2 Å². The van der Waals surface area contributed by atoms with Crippen molar-refractivity contribution in [2.24, 2.45) is 5.73 Å². The van der Waals surface area contributed by atoms with Gasteiger partial charge in [-0.1, -0.05) is 17.7 Å². The van der Waals surface area contributed by atoms with E-state index in [0.29, 0.717) is 0 Å². The van der Waals surface area contributed by atoms with Crippen molar-refractivity contribution in [2.75, 3.05) is 5.73 Å². The van der Waals surface area contributed by atoms with Gasteiger partial charge in [-0.25, -0.2) is 0 Å². The van der Waals surface area contributed by atoms with Crippen molar-refractivity contribution < 1.29 is 14.5 Å². The number of nitro groups is 1. The Labute approximate surface area is 124 Å². The van der Waals surface area contributed by atoms with Crippen molar-refractivity contribution in [3.63, 3.8) is 0 Å². The fraction of sp³-hybridized carbons (Fsp3) is 0. The maximum atomic E-state index is 11.1. The minimum atomic E-state index is -0.771. The van der Waals surface area contributed by atoms with Crippen LogP contribution >= 0.6 is 11.6 Å². The van der Waals surface area contributed by atoms with Crippen molar-refractivity contribution in [1.29, 1.82) is 0 Å². The second-order valence-electron chi connectivity index (χ2n) is 4.06. The van der Waals surface area contributed by atoms with Crippen molar-refractivity contribution in [3.05, 3.63) is 57.1 Å². The van der Waals surface area contributed by atoms with E-state index in [4.69, 9.17) is 27.8 Å². The normalized spacial score (nSPS) is 10.1. The number of carbonyl (C=O) groups excluding carboxylic acids is 1. The Morgan fingerprint density at radius 2 is 1.95 bits per heavy atom. The molecule has 0 aliphatic rings. The zero-order valence-electron chi connectivity index (χ0n) is 10.6. The topological polar surface area (TPSA) is 121 Å². The monoisotopic (exact) mass is 307 g/mol. The van der Waals surface area contributed by atoms with Crippen LogP contribution in [0.15, 0.2) is 36.4 Å². The van der Waals surface area contributed by atoms with Crippen molar-refractivity contribution in [3.8, 4) is 11.5 Å². The fourth-order valence-electron chi connectivity index (χ4n) is 1.62. The molecule has 0 aliphatic carbocycles. The molecule has 0 aliphatic heterocycles.